The number of nitro groups is 1. The van der Waals surface area contributed by atoms with Crippen molar-refractivity contribution in [1.82, 2.24) is 0 Å². The van der Waals surface area contributed by atoms with E-state index < -0.39 is 0 Å². The van der Waals surface area contributed by atoms with Gasteiger partial charge in [0.25, 0.3) is 5.69 Å². The molecule has 0 saturated carbocycles. The Hall–Kier alpha value is -1.89. The Balaban J connectivity index is 1.76. The van der Waals surface area contributed by atoms with Crippen molar-refractivity contribution >= 4 is 34.0 Å². The molecule has 0 radical (unpaired) electrons. The second-order valence-electron chi connectivity index (χ2n) is 6.51. The fourth-order valence-corrected chi connectivity index (χ4v) is 4.78. The number of fused-ring (bicyclic) bond motifs is 3. The van der Waals surface area contributed by atoms with E-state index in [4.69, 9.17) is 0 Å². The summed E-state index contributed by atoms with van der Waals surface area (Å²) >= 11 is 2.38. The van der Waals surface area contributed by atoms with Gasteiger partial charge in [-0.3, -0.25) is 10.1 Å². The lowest BCUT2D eigenvalue weighted by molar-refractivity contribution is -0.384. The monoisotopic (exact) mass is 432 g/mol. The summed E-state index contributed by atoms with van der Waals surface area (Å²) in [6.45, 7) is 2.14. The molecule has 0 aromatic heterocycles. The number of nitrogens with zero attached hydrogens (tertiary/aromatic N) is 1. The normalized spacial score (nSPS) is 24.2. The Bertz CT molecular complexity index is 845. The SMILES string of the molecule is Cc1cc(I)cc2c1N[C@H](c1ccc([N+](=O)[O-])cc1)[C@H]1CC=C[C@@H]21. The number of hydrogen-bond donors (Lipinski definition) is 1. The largest absolute Gasteiger partial charge is 0.377 e. The van der Waals surface area contributed by atoms with Crippen LogP contribution in [0.5, 0.6) is 0 Å². The Morgan fingerprint density at radius 3 is 2.71 bits per heavy atom. The lowest BCUT2D eigenvalue weighted by Crippen LogP contribution is -2.29. The molecule has 1 heterocycles. The lowest BCUT2D eigenvalue weighted by atomic mass is 9.76. The Labute approximate surface area is 154 Å². The quantitative estimate of drug-likeness (QED) is 0.302. The minimum Gasteiger partial charge on any atom is -0.377 e. The van der Waals surface area contributed by atoms with Gasteiger partial charge in [0.15, 0.2) is 0 Å². The first kappa shape index (κ1) is 15.6. The van der Waals surface area contributed by atoms with Crippen LogP contribution in [0.4, 0.5) is 11.4 Å². The van der Waals surface area contributed by atoms with Crippen LogP contribution < -0.4 is 5.32 Å². The number of allylic oxidation sites excluding steroid dienone is 2. The molecule has 2 aromatic carbocycles. The fourth-order valence-electron chi connectivity index (χ4n) is 3.97. The minimum absolute atomic E-state index is 0.141. The number of rotatable bonds is 2. The molecule has 122 valence electrons. The first-order chi connectivity index (χ1) is 11.5. The van der Waals surface area contributed by atoms with E-state index in [1.165, 1.54) is 20.4 Å². The average Bonchev–Trinajstić information content (AvgIpc) is 3.04. The number of anilines is 1. The van der Waals surface area contributed by atoms with Crippen molar-refractivity contribution in [2.75, 3.05) is 5.32 Å². The molecule has 4 rings (SSSR count). The molecular weight excluding hydrogens is 415 g/mol. The van der Waals surface area contributed by atoms with Gasteiger partial charge in [-0.25, -0.2) is 0 Å². The van der Waals surface area contributed by atoms with E-state index in [1.54, 1.807) is 12.1 Å². The third-order valence-electron chi connectivity index (χ3n) is 5.09. The van der Waals surface area contributed by atoms with Crippen LogP contribution in [0.1, 0.15) is 35.1 Å². The molecule has 2 aliphatic rings. The molecule has 0 bridgehead atoms. The topological polar surface area (TPSA) is 55.2 Å². The molecule has 4 nitrogen and oxygen atoms in total. The van der Waals surface area contributed by atoms with Crippen LogP contribution in [0, 0.1) is 26.5 Å². The predicted molar refractivity (Wildman–Crippen MR) is 103 cm³/mol. The molecule has 1 aliphatic heterocycles. The summed E-state index contributed by atoms with van der Waals surface area (Å²) in [5.41, 5.74) is 5.09. The molecule has 0 fully saturated rings. The molecule has 2 aromatic rings. The summed E-state index contributed by atoms with van der Waals surface area (Å²) in [6.07, 6.45) is 5.61. The van der Waals surface area contributed by atoms with Crippen molar-refractivity contribution in [3.8, 4) is 0 Å². The van der Waals surface area contributed by atoms with Crippen molar-refractivity contribution in [3.05, 3.63) is 78.9 Å². The van der Waals surface area contributed by atoms with Crippen LogP contribution in [-0.2, 0) is 0 Å². The number of hydrogen-bond acceptors (Lipinski definition) is 3. The highest BCUT2D eigenvalue weighted by molar-refractivity contribution is 14.1. The van der Waals surface area contributed by atoms with Crippen LogP contribution >= 0.6 is 22.6 Å². The summed E-state index contributed by atoms with van der Waals surface area (Å²) in [5.74, 6) is 0.867. The van der Waals surface area contributed by atoms with Crippen LogP contribution in [0.25, 0.3) is 0 Å². The van der Waals surface area contributed by atoms with Gasteiger partial charge in [0.05, 0.1) is 11.0 Å². The standard InChI is InChI=1S/C19H17IN2O2/c1-11-9-13(20)10-17-15-3-2-4-16(15)19(21-18(11)17)12-5-7-14(8-6-12)22(23)24/h2-3,5-10,15-16,19,21H,4H2,1H3/t15-,16+,19-/m1/s1. The summed E-state index contributed by atoms with van der Waals surface area (Å²) in [7, 11) is 0. The summed E-state index contributed by atoms with van der Waals surface area (Å²) < 4.78 is 1.26. The molecule has 0 spiro atoms. The van der Waals surface area contributed by atoms with E-state index in [2.05, 4.69) is 59.1 Å². The zero-order chi connectivity index (χ0) is 16.8. The molecular formula is C19H17IN2O2. The second-order valence-corrected chi connectivity index (χ2v) is 7.76. The van der Waals surface area contributed by atoms with E-state index >= 15 is 0 Å². The van der Waals surface area contributed by atoms with Gasteiger partial charge in [0, 0.05) is 27.3 Å². The van der Waals surface area contributed by atoms with Crippen molar-refractivity contribution in [3.63, 3.8) is 0 Å². The zero-order valence-corrected chi connectivity index (χ0v) is 15.4. The van der Waals surface area contributed by atoms with Crippen molar-refractivity contribution in [2.45, 2.75) is 25.3 Å². The minimum atomic E-state index is -0.348. The van der Waals surface area contributed by atoms with Crippen LogP contribution in [0.2, 0.25) is 0 Å². The highest BCUT2D eigenvalue weighted by Crippen LogP contribution is 2.51. The van der Waals surface area contributed by atoms with Gasteiger partial charge in [-0.15, -0.1) is 0 Å². The lowest BCUT2D eigenvalue weighted by Gasteiger charge is -2.38. The molecule has 5 heteroatoms. The average molecular weight is 432 g/mol. The first-order valence-electron chi connectivity index (χ1n) is 8.02. The molecule has 1 aliphatic carbocycles. The number of benzene rings is 2. The number of nitrogens with one attached hydrogen (secondary N) is 1. The highest BCUT2D eigenvalue weighted by atomic mass is 127. The fraction of sp³-hybridized carbons (Fsp3) is 0.263. The van der Waals surface area contributed by atoms with Gasteiger partial charge in [-0.2, -0.15) is 0 Å². The molecule has 0 unspecified atom stereocenters. The highest BCUT2D eigenvalue weighted by Gasteiger charge is 2.38. The number of non-ortho nitro benzene ring substituents is 1. The summed E-state index contributed by atoms with van der Waals surface area (Å²) in [4.78, 5) is 10.5. The van der Waals surface area contributed by atoms with Gasteiger partial charge in [-0.1, -0.05) is 24.3 Å². The van der Waals surface area contributed by atoms with E-state index in [9.17, 15) is 10.1 Å². The van der Waals surface area contributed by atoms with Crippen molar-refractivity contribution in [1.29, 1.82) is 0 Å². The smallest absolute Gasteiger partial charge is 0.269 e. The van der Waals surface area contributed by atoms with Crippen LogP contribution in [-0.4, -0.2) is 4.92 Å². The molecule has 3 atom stereocenters. The van der Waals surface area contributed by atoms with Gasteiger partial charge < -0.3 is 5.32 Å². The van der Waals surface area contributed by atoms with Gasteiger partial charge in [-0.05, 0) is 70.7 Å². The van der Waals surface area contributed by atoms with E-state index in [1.807, 2.05) is 12.1 Å². The molecule has 0 saturated heterocycles. The van der Waals surface area contributed by atoms with Crippen LogP contribution in [0.3, 0.4) is 0 Å². The van der Waals surface area contributed by atoms with Crippen LogP contribution in [0.15, 0.2) is 48.6 Å². The van der Waals surface area contributed by atoms with Gasteiger partial charge in [0.2, 0.25) is 0 Å². The maximum atomic E-state index is 10.9. The van der Waals surface area contributed by atoms with E-state index in [0.717, 1.165) is 12.0 Å². The van der Waals surface area contributed by atoms with Crippen molar-refractivity contribution in [2.24, 2.45) is 5.92 Å². The summed E-state index contributed by atoms with van der Waals surface area (Å²) in [6, 6.07) is 11.6. The van der Waals surface area contributed by atoms with Gasteiger partial charge >= 0.3 is 0 Å². The third-order valence-corrected chi connectivity index (χ3v) is 5.72. The van der Waals surface area contributed by atoms with E-state index in [-0.39, 0.29) is 16.7 Å². The molecule has 24 heavy (non-hydrogen) atoms. The van der Waals surface area contributed by atoms with E-state index in [0.29, 0.717) is 11.8 Å². The third kappa shape index (κ3) is 2.51. The van der Waals surface area contributed by atoms with Crippen molar-refractivity contribution < 1.29 is 4.92 Å². The maximum Gasteiger partial charge on any atom is 0.269 e. The Morgan fingerprint density at radius 1 is 1.25 bits per heavy atom. The second kappa shape index (κ2) is 5.88. The number of nitro benzene ring substituents is 1. The first-order valence-corrected chi connectivity index (χ1v) is 9.10. The van der Waals surface area contributed by atoms with Gasteiger partial charge in [0.1, 0.15) is 0 Å². The summed E-state index contributed by atoms with van der Waals surface area (Å²) in [5, 5.41) is 14.6. The molecule has 0 amide bonds. The Kier molecular flexibility index (Phi) is 3.83. The maximum absolute atomic E-state index is 10.9. The Morgan fingerprint density at radius 2 is 2.00 bits per heavy atom. The number of aryl methyl sites for hydroxylation is 1. The zero-order valence-electron chi connectivity index (χ0n) is 13.2. The number of halogens is 1. The predicted octanol–water partition coefficient (Wildman–Crippen LogP) is 5.33. The molecule has 1 N–H and O–H groups in total.